The van der Waals surface area contributed by atoms with Gasteiger partial charge in [0.25, 0.3) is 0 Å². The number of carbonyl (C=O) groups excluding carboxylic acids is 1. The number of urea groups is 1. The topological polar surface area (TPSA) is 81.7 Å². The third kappa shape index (κ3) is 3.69. The molecular formula is C10H19N3O3. The van der Waals surface area contributed by atoms with Crippen molar-refractivity contribution in [1.82, 2.24) is 15.5 Å². The van der Waals surface area contributed by atoms with Crippen molar-refractivity contribution in [2.45, 2.75) is 12.8 Å². The van der Waals surface area contributed by atoms with Crippen LogP contribution in [0, 0.1) is 5.92 Å². The van der Waals surface area contributed by atoms with Crippen molar-refractivity contribution in [1.29, 1.82) is 0 Å². The summed E-state index contributed by atoms with van der Waals surface area (Å²) in [6.07, 6.45) is 1.43. The van der Waals surface area contributed by atoms with Crippen LogP contribution < -0.4 is 10.6 Å². The lowest BCUT2D eigenvalue weighted by Crippen LogP contribution is -2.39. The summed E-state index contributed by atoms with van der Waals surface area (Å²) in [6, 6.07) is -0.153. The predicted octanol–water partition coefficient (Wildman–Crippen LogP) is -0.288. The van der Waals surface area contributed by atoms with Gasteiger partial charge >= 0.3 is 12.0 Å². The fraction of sp³-hybridized carbons (Fsp3) is 0.800. The third-order valence-electron chi connectivity index (χ3n) is 2.70. The number of hydrogen-bond donors (Lipinski definition) is 3. The molecule has 2 amide bonds. The monoisotopic (exact) mass is 229 g/mol. The molecule has 1 aliphatic heterocycles. The van der Waals surface area contributed by atoms with E-state index in [9.17, 15) is 9.59 Å². The molecule has 16 heavy (non-hydrogen) atoms. The van der Waals surface area contributed by atoms with Gasteiger partial charge in [-0.3, -0.25) is 4.79 Å². The number of likely N-dealkylation sites (tertiary alicyclic amines) is 1. The molecule has 3 N–H and O–H groups in total. The molecule has 0 aromatic carbocycles. The maximum Gasteiger partial charge on any atom is 0.317 e. The van der Waals surface area contributed by atoms with E-state index in [4.69, 9.17) is 5.11 Å². The normalized spacial score (nSPS) is 19.8. The average Bonchev–Trinajstić information content (AvgIpc) is 2.73. The Morgan fingerprint density at radius 2 is 2.19 bits per heavy atom. The molecule has 0 radical (unpaired) electrons. The number of amides is 2. The van der Waals surface area contributed by atoms with E-state index in [1.165, 1.54) is 0 Å². The molecule has 92 valence electrons. The summed E-state index contributed by atoms with van der Waals surface area (Å²) in [5.74, 6) is -1.21. The molecule has 1 rings (SSSR count). The molecule has 0 aromatic rings. The minimum Gasteiger partial charge on any atom is -0.481 e. The van der Waals surface area contributed by atoms with Crippen molar-refractivity contribution in [2.24, 2.45) is 5.92 Å². The maximum atomic E-state index is 11.6. The summed E-state index contributed by atoms with van der Waals surface area (Å²) in [6.45, 7) is 2.34. The Hall–Kier alpha value is -1.30. The van der Waals surface area contributed by atoms with Crippen molar-refractivity contribution in [3.63, 3.8) is 0 Å². The van der Waals surface area contributed by atoms with E-state index in [-0.39, 0.29) is 6.03 Å². The number of hydrogen-bond acceptors (Lipinski definition) is 3. The van der Waals surface area contributed by atoms with Gasteiger partial charge < -0.3 is 20.6 Å². The minimum absolute atomic E-state index is 0.153. The van der Waals surface area contributed by atoms with E-state index in [1.54, 1.807) is 4.90 Å². The Kier molecular flexibility index (Phi) is 5.04. The standard InChI is InChI=1S/C10H19N3O3/c1-11-4-2-5-12-10(16)13-6-3-8(7-13)9(14)15/h8,11H,2-7H2,1H3,(H,12,16)(H,14,15). The molecule has 1 saturated heterocycles. The molecule has 0 aliphatic carbocycles. The quantitative estimate of drug-likeness (QED) is 0.566. The Morgan fingerprint density at radius 3 is 2.75 bits per heavy atom. The first-order valence-electron chi connectivity index (χ1n) is 5.55. The highest BCUT2D eigenvalue weighted by Crippen LogP contribution is 2.15. The second-order valence-corrected chi connectivity index (χ2v) is 3.96. The van der Waals surface area contributed by atoms with E-state index in [0.29, 0.717) is 26.1 Å². The van der Waals surface area contributed by atoms with Crippen LogP contribution in [0.4, 0.5) is 4.79 Å². The Morgan fingerprint density at radius 1 is 1.44 bits per heavy atom. The van der Waals surface area contributed by atoms with Crippen molar-refractivity contribution < 1.29 is 14.7 Å². The number of nitrogens with zero attached hydrogens (tertiary/aromatic N) is 1. The molecule has 6 heteroatoms. The van der Waals surface area contributed by atoms with Crippen LogP contribution in [0.5, 0.6) is 0 Å². The van der Waals surface area contributed by atoms with Crippen LogP contribution in [-0.4, -0.2) is 55.2 Å². The highest BCUT2D eigenvalue weighted by molar-refractivity contribution is 5.77. The van der Waals surface area contributed by atoms with E-state index < -0.39 is 11.9 Å². The Bertz CT molecular complexity index is 258. The molecule has 0 spiro atoms. The Balaban J connectivity index is 2.20. The molecule has 1 aliphatic rings. The number of carbonyl (C=O) groups is 2. The first-order chi connectivity index (χ1) is 7.65. The molecule has 6 nitrogen and oxygen atoms in total. The summed E-state index contributed by atoms with van der Waals surface area (Å²) in [5.41, 5.74) is 0. The highest BCUT2D eigenvalue weighted by atomic mass is 16.4. The maximum absolute atomic E-state index is 11.6. The van der Waals surface area contributed by atoms with Crippen LogP contribution in [0.25, 0.3) is 0 Å². The van der Waals surface area contributed by atoms with Gasteiger partial charge in [-0.15, -0.1) is 0 Å². The van der Waals surface area contributed by atoms with E-state index in [0.717, 1.165) is 13.0 Å². The molecular weight excluding hydrogens is 210 g/mol. The van der Waals surface area contributed by atoms with Gasteiger partial charge in [0.15, 0.2) is 0 Å². The second kappa shape index (κ2) is 6.32. The summed E-state index contributed by atoms with van der Waals surface area (Å²) < 4.78 is 0. The predicted molar refractivity (Wildman–Crippen MR) is 59.3 cm³/mol. The van der Waals surface area contributed by atoms with Gasteiger partial charge in [-0.25, -0.2) is 4.79 Å². The number of rotatable bonds is 5. The largest absolute Gasteiger partial charge is 0.481 e. The molecule has 0 aromatic heterocycles. The second-order valence-electron chi connectivity index (χ2n) is 3.96. The van der Waals surface area contributed by atoms with Gasteiger partial charge in [0, 0.05) is 19.6 Å². The average molecular weight is 229 g/mol. The molecule has 0 saturated carbocycles. The summed E-state index contributed by atoms with van der Waals surface area (Å²) >= 11 is 0. The van der Waals surface area contributed by atoms with Crippen LogP contribution in [0.15, 0.2) is 0 Å². The number of carboxylic acids is 1. The lowest BCUT2D eigenvalue weighted by molar-refractivity contribution is -0.141. The third-order valence-corrected chi connectivity index (χ3v) is 2.70. The smallest absolute Gasteiger partial charge is 0.317 e. The first-order valence-corrected chi connectivity index (χ1v) is 5.55. The van der Waals surface area contributed by atoms with Crippen LogP contribution in [-0.2, 0) is 4.79 Å². The van der Waals surface area contributed by atoms with Gasteiger partial charge in [0.05, 0.1) is 5.92 Å². The number of carboxylic acid groups (broad SMARTS) is 1. The van der Waals surface area contributed by atoms with Gasteiger partial charge in [0.1, 0.15) is 0 Å². The van der Waals surface area contributed by atoms with Crippen molar-refractivity contribution in [3.8, 4) is 0 Å². The van der Waals surface area contributed by atoms with Crippen LogP contribution >= 0.6 is 0 Å². The van der Waals surface area contributed by atoms with Gasteiger partial charge in [0.2, 0.25) is 0 Å². The zero-order chi connectivity index (χ0) is 12.0. The SMILES string of the molecule is CNCCCNC(=O)N1CCC(C(=O)O)C1. The van der Waals surface area contributed by atoms with E-state index >= 15 is 0 Å². The van der Waals surface area contributed by atoms with Crippen LogP contribution in [0.1, 0.15) is 12.8 Å². The summed E-state index contributed by atoms with van der Waals surface area (Å²) in [7, 11) is 1.86. The summed E-state index contributed by atoms with van der Waals surface area (Å²) in [4.78, 5) is 23.8. The molecule has 1 unspecified atom stereocenters. The van der Waals surface area contributed by atoms with Gasteiger partial charge in [-0.2, -0.15) is 0 Å². The van der Waals surface area contributed by atoms with Crippen LogP contribution in [0.2, 0.25) is 0 Å². The summed E-state index contributed by atoms with van der Waals surface area (Å²) in [5, 5.41) is 14.6. The number of aliphatic carboxylic acids is 1. The highest BCUT2D eigenvalue weighted by Gasteiger charge is 2.30. The minimum atomic E-state index is -0.814. The first kappa shape index (κ1) is 12.8. The molecule has 0 bridgehead atoms. The van der Waals surface area contributed by atoms with E-state index in [1.807, 2.05) is 7.05 Å². The Labute approximate surface area is 95.0 Å². The zero-order valence-corrected chi connectivity index (χ0v) is 9.53. The number of nitrogens with one attached hydrogen (secondary N) is 2. The molecule has 1 heterocycles. The van der Waals surface area contributed by atoms with Crippen molar-refractivity contribution in [3.05, 3.63) is 0 Å². The fourth-order valence-electron chi connectivity index (χ4n) is 1.72. The van der Waals surface area contributed by atoms with Crippen molar-refractivity contribution in [2.75, 3.05) is 33.2 Å². The van der Waals surface area contributed by atoms with Gasteiger partial charge in [-0.1, -0.05) is 0 Å². The van der Waals surface area contributed by atoms with E-state index in [2.05, 4.69) is 10.6 Å². The molecule has 1 atom stereocenters. The van der Waals surface area contributed by atoms with Crippen LogP contribution in [0.3, 0.4) is 0 Å². The fourth-order valence-corrected chi connectivity index (χ4v) is 1.72. The van der Waals surface area contributed by atoms with Crippen molar-refractivity contribution >= 4 is 12.0 Å². The lowest BCUT2D eigenvalue weighted by Gasteiger charge is -2.16. The lowest BCUT2D eigenvalue weighted by atomic mass is 10.1. The zero-order valence-electron chi connectivity index (χ0n) is 9.53. The van der Waals surface area contributed by atoms with Gasteiger partial charge in [-0.05, 0) is 26.4 Å². The molecule has 1 fully saturated rings.